The highest BCUT2D eigenvalue weighted by atomic mass is 16.5. The Balaban J connectivity index is 1.79. The Morgan fingerprint density at radius 2 is 2.00 bits per heavy atom. The van der Waals surface area contributed by atoms with Gasteiger partial charge in [0, 0.05) is 39.1 Å². The molecule has 0 atom stereocenters. The first-order valence-corrected chi connectivity index (χ1v) is 7.97. The predicted molar refractivity (Wildman–Crippen MR) is 89.1 cm³/mol. The molecule has 2 rings (SSSR count). The fraction of sp³-hybridized carbons (Fsp3) is 0.500. The van der Waals surface area contributed by atoms with Crippen molar-refractivity contribution in [3.8, 4) is 5.75 Å². The Morgan fingerprint density at radius 3 is 2.68 bits per heavy atom. The van der Waals surface area contributed by atoms with E-state index in [9.17, 15) is 4.79 Å². The quantitative estimate of drug-likeness (QED) is 0.756. The van der Waals surface area contributed by atoms with Gasteiger partial charge in [0.1, 0.15) is 5.75 Å². The van der Waals surface area contributed by atoms with Gasteiger partial charge in [-0.05, 0) is 30.5 Å². The third-order valence-corrected chi connectivity index (χ3v) is 4.12. The minimum Gasteiger partial charge on any atom is -0.497 e. The Hall–Kier alpha value is -1.81. The van der Waals surface area contributed by atoms with Crippen LogP contribution < -0.4 is 4.74 Å². The van der Waals surface area contributed by atoms with Crippen LogP contribution in [0.15, 0.2) is 36.9 Å². The summed E-state index contributed by atoms with van der Waals surface area (Å²) in [7, 11) is 1.66. The summed E-state index contributed by atoms with van der Waals surface area (Å²) in [5.74, 6) is 1.11. The molecule has 0 aromatic heterocycles. The van der Waals surface area contributed by atoms with Gasteiger partial charge in [0.15, 0.2) is 0 Å². The van der Waals surface area contributed by atoms with E-state index in [4.69, 9.17) is 4.74 Å². The molecule has 120 valence electrons. The van der Waals surface area contributed by atoms with Crippen LogP contribution in [0.5, 0.6) is 5.75 Å². The maximum atomic E-state index is 12.4. The Labute approximate surface area is 133 Å². The molecule has 1 heterocycles. The third-order valence-electron chi connectivity index (χ3n) is 4.12. The molecule has 0 radical (unpaired) electrons. The first kappa shape index (κ1) is 16.6. The van der Waals surface area contributed by atoms with Crippen LogP contribution in [0.2, 0.25) is 0 Å². The largest absolute Gasteiger partial charge is 0.497 e. The van der Waals surface area contributed by atoms with Crippen molar-refractivity contribution in [3.63, 3.8) is 0 Å². The average Bonchev–Trinajstić information content (AvgIpc) is 2.79. The van der Waals surface area contributed by atoms with Crippen LogP contribution in [-0.4, -0.2) is 55.5 Å². The van der Waals surface area contributed by atoms with Crippen molar-refractivity contribution >= 4 is 5.91 Å². The summed E-state index contributed by atoms with van der Waals surface area (Å²) < 4.78 is 5.15. The standard InChI is InChI=1S/C18H26N2O2/c1-3-11-19-12-4-13-20(15-14-19)18(21)10-7-16-5-8-17(22-2)9-6-16/h3,5-6,8-9H,1,4,7,10-15H2,2H3. The van der Waals surface area contributed by atoms with Gasteiger partial charge in [-0.15, -0.1) is 6.58 Å². The zero-order valence-corrected chi connectivity index (χ0v) is 13.5. The first-order valence-electron chi connectivity index (χ1n) is 7.97. The highest BCUT2D eigenvalue weighted by Gasteiger charge is 2.18. The van der Waals surface area contributed by atoms with Crippen LogP contribution in [0, 0.1) is 0 Å². The van der Waals surface area contributed by atoms with E-state index in [0.717, 1.165) is 51.3 Å². The Bertz CT molecular complexity index is 484. The molecule has 0 N–H and O–H groups in total. The SMILES string of the molecule is C=CCN1CCCN(C(=O)CCc2ccc(OC)cc2)CC1. The van der Waals surface area contributed by atoms with Crippen LogP contribution in [0.3, 0.4) is 0 Å². The lowest BCUT2D eigenvalue weighted by Crippen LogP contribution is -2.35. The number of nitrogens with zero attached hydrogens (tertiary/aromatic N) is 2. The predicted octanol–water partition coefficient (Wildman–Crippen LogP) is 2.35. The molecule has 4 nitrogen and oxygen atoms in total. The van der Waals surface area contributed by atoms with Crippen molar-refractivity contribution in [1.82, 2.24) is 9.80 Å². The van der Waals surface area contributed by atoms with Gasteiger partial charge in [-0.1, -0.05) is 18.2 Å². The zero-order chi connectivity index (χ0) is 15.8. The van der Waals surface area contributed by atoms with Gasteiger partial charge in [0.05, 0.1) is 7.11 Å². The van der Waals surface area contributed by atoms with Crippen LogP contribution in [0.4, 0.5) is 0 Å². The van der Waals surface area contributed by atoms with E-state index in [1.54, 1.807) is 7.11 Å². The summed E-state index contributed by atoms with van der Waals surface area (Å²) in [5.41, 5.74) is 1.18. The highest BCUT2D eigenvalue weighted by molar-refractivity contribution is 5.76. The third kappa shape index (κ3) is 4.88. The number of rotatable bonds is 6. The van der Waals surface area contributed by atoms with E-state index in [1.165, 1.54) is 5.56 Å². The Morgan fingerprint density at radius 1 is 1.23 bits per heavy atom. The van der Waals surface area contributed by atoms with E-state index >= 15 is 0 Å². The molecule has 22 heavy (non-hydrogen) atoms. The van der Waals surface area contributed by atoms with E-state index in [1.807, 2.05) is 35.2 Å². The molecule has 1 saturated heterocycles. The normalized spacial score (nSPS) is 16.1. The molecule has 4 heteroatoms. The average molecular weight is 302 g/mol. The van der Waals surface area contributed by atoms with Gasteiger partial charge >= 0.3 is 0 Å². The lowest BCUT2D eigenvalue weighted by atomic mass is 10.1. The highest BCUT2D eigenvalue weighted by Crippen LogP contribution is 2.13. The second-order valence-electron chi connectivity index (χ2n) is 5.67. The topological polar surface area (TPSA) is 32.8 Å². The fourth-order valence-corrected chi connectivity index (χ4v) is 2.79. The van der Waals surface area contributed by atoms with Crippen molar-refractivity contribution in [2.45, 2.75) is 19.3 Å². The minimum atomic E-state index is 0.260. The molecule has 1 aliphatic rings. The first-order chi connectivity index (χ1) is 10.7. The summed E-state index contributed by atoms with van der Waals surface area (Å²) in [6.45, 7) is 8.39. The van der Waals surface area contributed by atoms with E-state index < -0.39 is 0 Å². The molecule has 0 spiro atoms. The van der Waals surface area contributed by atoms with E-state index in [0.29, 0.717) is 6.42 Å². The summed E-state index contributed by atoms with van der Waals surface area (Å²) in [4.78, 5) is 16.7. The number of hydrogen-bond acceptors (Lipinski definition) is 3. The summed E-state index contributed by atoms with van der Waals surface area (Å²) in [5, 5.41) is 0. The lowest BCUT2D eigenvalue weighted by Gasteiger charge is -2.21. The Kier molecular flexibility index (Phi) is 6.46. The zero-order valence-electron chi connectivity index (χ0n) is 13.5. The molecule has 0 bridgehead atoms. The molecular weight excluding hydrogens is 276 g/mol. The second-order valence-corrected chi connectivity index (χ2v) is 5.67. The number of methoxy groups -OCH3 is 1. The monoisotopic (exact) mass is 302 g/mol. The molecule has 1 aliphatic heterocycles. The molecule has 0 aliphatic carbocycles. The molecular formula is C18H26N2O2. The molecule has 0 unspecified atom stereocenters. The molecule has 0 saturated carbocycles. The van der Waals surface area contributed by atoms with Crippen molar-refractivity contribution in [1.29, 1.82) is 0 Å². The second kappa shape index (κ2) is 8.59. The van der Waals surface area contributed by atoms with Crippen LogP contribution in [0.25, 0.3) is 0 Å². The van der Waals surface area contributed by atoms with Gasteiger partial charge in [-0.25, -0.2) is 0 Å². The summed E-state index contributed by atoms with van der Waals surface area (Å²) in [6.07, 6.45) is 4.34. The number of carbonyl (C=O) groups excluding carboxylic acids is 1. The number of carbonyl (C=O) groups is 1. The van der Waals surface area contributed by atoms with Gasteiger partial charge in [0.25, 0.3) is 0 Å². The van der Waals surface area contributed by atoms with Crippen LogP contribution >= 0.6 is 0 Å². The molecule has 1 amide bonds. The van der Waals surface area contributed by atoms with Gasteiger partial charge in [-0.3, -0.25) is 9.69 Å². The van der Waals surface area contributed by atoms with E-state index in [2.05, 4.69) is 11.5 Å². The van der Waals surface area contributed by atoms with Crippen LogP contribution in [0.1, 0.15) is 18.4 Å². The molecule has 1 aromatic rings. The molecule has 1 fully saturated rings. The van der Waals surface area contributed by atoms with Gasteiger partial charge < -0.3 is 9.64 Å². The number of ether oxygens (including phenoxy) is 1. The summed E-state index contributed by atoms with van der Waals surface area (Å²) in [6, 6.07) is 7.94. The van der Waals surface area contributed by atoms with Crippen LogP contribution in [-0.2, 0) is 11.2 Å². The van der Waals surface area contributed by atoms with Gasteiger partial charge in [0.2, 0.25) is 5.91 Å². The van der Waals surface area contributed by atoms with Crippen molar-refractivity contribution in [2.24, 2.45) is 0 Å². The van der Waals surface area contributed by atoms with Crippen molar-refractivity contribution in [2.75, 3.05) is 39.8 Å². The van der Waals surface area contributed by atoms with Crippen molar-refractivity contribution in [3.05, 3.63) is 42.5 Å². The number of amides is 1. The molecule has 1 aromatic carbocycles. The summed E-state index contributed by atoms with van der Waals surface area (Å²) >= 11 is 0. The maximum Gasteiger partial charge on any atom is 0.222 e. The fourth-order valence-electron chi connectivity index (χ4n) is 2.79. The maximum absolute atomic E-state index is 12.4. The number of hydrogen-bond donors (Lipinski definition) is 0. The minimum absolute atomic E-state index is 0.260. The van der Waals surface area contributed by atoms with Crippen molar-refractivity contribution < 1.29 is 9.53 Å². The van der Waals surface area contributed by atoms with Gasteiger partial charge in [-0.2, -0.15) is 0 Å². The number of benzene rings is 1. The number of aryl methyl sites for hydroxylation is 1. The van der Waals surface area contributed by atoms with E-state index in [-0.39, 0.29) is 5.91 Å². The lowest BCUT2D eigenvalue weighted by molar-refractivity contribution is -0.131. The smallest absolute Gasteiger partial charge is 0.222 e.